The molecule has 0 unspecified atom stereocenters. The Morgan fingerprint density at radius 1 is 1.00 bits per heavy atom. The van der Waals surface area contributed by atoms with Gasteiger partial charge in [0.1, 0.15) is 0 Å². The van der Waals surface area contributed by atoms with Crippen molar-refractivity contribution in [2.45, 2.75) is 47.0 Å². The molecule has 0 saturated carbocycles. The normalized spacial score (nSPS) is 9.31. The van der Waals surface area contributed by atoms with Crippen LogP contribution in [0.4, 0.5) is 5.69 Å². The number of hydrogen-bond donors (Lipinski definition) is 0. The number of hydrogen-bond acceptors (Lipinski definition) is 1. The smallest absolute Gasteiger partial charge is 0.0363 e. The fourth-order valence-corrected chi connectivity index (χ4v) is 1.53. The van der Waals surface area contributed by atoms with Gasteiger partial charge in [0.25, 0.3) is 0 Å². The van der Waals surface area contributed by atoms with Crippen LogP contribution in [0.5, 0.6) is 0 Å². The molecule has 1 aromatic carbocycles. The average Bonchev–Trinajstić information content (AvgIpc) is 2.33. The number of aryl methyl sites for hydroxylation is 1. The van der Waals surface area contributed by atoms with Gasteiger partial charge < -0.3 is 4.90 Å². The van der Waals surface area contributed by atoms with Crippen LogP contribution in [-0.4, -0.2) is 13.6 Å². The van der Waals surface area contributed by atoms with Gasteiger partial charge in [-0.15, -0.1) is 0 Å². The van der Waals surface area contributed by atoms with Crippen LogP contribution >= 0.6 is 0 Å². The quantitative estimate of drug-likeness (QED) is 0.654. The molecule has 0 atom stereocenters. The van der Waals surface area contributed by atoms with E-state index in [-0.39, 0.29) is 0 Å². The van der Waals surface area contributed by atoms with Crippen LogP contribution in [0.2, 0.25) is 0 Å². The van der Waals surface area contributed by atoms with Gasteiger partial charge in [-0.25, -0.2) is 0 Å². The second-order valence-electron chi connectivity index (χ2n) is 3.96. The van der Waals surface area contributed by atoms with Crippen molar-refractivity contribution in [2.24, 2.45) is 0 Å². The van der Waals surface area contributed by atoms with Crippen LogP contribution in [0, 0.1) is 6.92 Å². The minimum Gasteiger partial charge on any atom is -0.375 e. The van der Waals surface area contributed by atoms with Crippen molar-refractivity contribution < 1.29 is 0 Å². The van der Waals surface area contributed by atoms with E-state index < -0.39 is 0 Å². The molecule has 0 heterocycles. The first-order chi connectivity index (χ1) is 7.74. The average molecular weight is 221 g/mol. The number of rotatable bonds is 5. The summed E-state index contributed by atoms with van der Waals surface area (Å²) in [6.07, 6.45) is 3.92. The molecule has 92 valence electrons. The van der Waals surface area contributed by atoms with Gasteiger partial charge >= 0.3 is 0 Å². The first kappa shape index (κ1) is 15.0. The minimum absolute atomic E-state index is 1.16. The Bertz CT molecular complexity index is 251. The summed E-state index contributed by atoms with van der Waals surface area (Å²) in [6, 6.07) is 8.74. The monoisotopic (exact) mass is 221 g/mol. The van der Waals surface area contributed by atoms with Gasteiger partial charge in [0.2, 0.25) is 0 Å². The molecule has 0 spiro atoms. The van der Waals surface area contributed by atoms with E-state index >= 15 is 0 Å². The van der Waals surface area contributed by atoms with Crippen molar-refractivity contribution >= 4 is 5.69 Å². The zero-order valence-electron chi connectivity index (χ0n) is 11.6. The van der Waals surface area contributed by atoms with E-state index in [1.54, 1.807) is 0 Å². The lowest BCUT2D eigenvalue weighted by Gasteiger charge is -2.19. The van der Waals surface area contributed by atoms with E-state index in [0.29, 0.717) is 0 Å². The molecule has 0 fully saturated rings. The van der Waals surface area contributed by atoms with Gasteiger partial charge in [0, 0.05) is 19.3 Å². The predicted octanol–water partition coefficient (Wildman–Crippen LogP) is 4.65. The summed E-state index contributed by atoms with van der Waals surface area (Å²) in [5.41, 5.74) is 2.66. The Labute approximate surface area is 101 Å². The third kappa shape index (κ3) is 5.79. The molecule has 0 bridgehead atoms. The third-order valence-electron chi connectivity index (χ3n) is 2.57. The SMILES string of the molecule is CC.CCCCCN(C)c1ccc(C)cc1. The van der Waals surface area contributed by atoms with Crippen molar-refractivity contribution in [3.05, 3.63) is 29.8 Å². The molecular formula is C15H27N. The second-order valence-corrected chi connectivity index (χ2v) is 3.96. The summed E-state index contributed by atoms with van der Waals surface area (Å²) in [5.74, 6) is 0. The molecule has 0 radical (unpaired) electrons. The van der Waals surface area contributed by atoms with E-state index in [0.717, 1.165) is 6.54 Å². The van der Waals surface area contributed by atoms with Gasteiger partial charge in [-0.05, 0) is 25.5 Å². The second kappa shape index (κ2) is 9.26. The van der Waals surface area contributed by atoms with Crippen LogP contribution in [0.3, 0.4) is 0 Å². The summed E-state index contributed by atoms with van der Waals surface area (Å²) < 4.78 is 0. The number of unbranched alkanes of at least 4 members (excludes halogenated alkanes) is 2. The lowest BCUT2D eigenvalue weighted by Crippen LogP contribution is -2.18. The number of anilines is 1. The molecule has 1 nitrogen and oxygen atoms in total. The highest BCUT2D eigenvalue weighted by Crippen LogP contribution is 2.13. The Morgan fingerprint density at radius 2 is 1.56 bits per heavy atom. The van der Waals surface area contributed by atoms with E-state index in [1.165, 1.54) is 30.5 Å². The zero-order valence-corrected chi connectivity index (χ0v) is 11.6. The third-order valence-corrected chi connectivity index (χ3v) is 2.57. The summed E-state index contributed by atoms with van der Waals surface area (Å²) in [5, 5.41) is 0. The highest BCUT2D eigenvalue weighted by atomic mass is 15.1. The first-order valence-electron chi connectivity index (χ1n) is 6.52. The van der Waals surface area contributed by atoms with E-state index in [1.807, 2.05) is 13.8 Å². The fraction of sp³-hybridized carbons (Fsp3) is 0.600. The van der Waals surface area contributed by atoms with Crippen LogP contribution in [-0.2, 0) is 0 Å². The van der Waals surface area contributed by atoms with Crippen molar-refractivity contribution in [3.8, 4) is 0 Å². The summed E-state index contributed by atoms with van der Waals surface area (Å²) >= 11 is 0. The fourth-order valence-electron chi connectivity index (χ4n) is 1.53. The molecule has 1 heteroatoms. The van der Waals surface area contributed by atoms with Gasteiger partial charge in [-0.1, -0.05) is 51.3 Å². The number of benzene rings is 1. The maximum absolute atomic E-state index is 2.33. The topological polar surface area (TPSA) is 3.24 Å². The molecule has 0 aliphatic rings. The Hall–Kier alpha value is -0.980. The minimum atomic E-state index is 1.16. The van der Waals surface area contributed by atoms with Crippen molar-refractivity contribution in [3.63, 3.8) is 0 Å². The summed E-state index contributed by atoms with van der Waals surface area (Å²) in [7, 11) is 2.17. The van der Waals surface area contributed by atoms with Gasteiger partial charge in [-0.2, -0.15) is 0 Å². The van der Waals surface area contributed by atoms with Gasteiger partial charge in [0.15, 0.2) is 0 Å². The molecule has 16 heavy (non-hydrogen) atoms. The maximum atomic E-state index is 2.33. The first-order valence-corrected chi connectivity index (χ1v) is 6.52. The molecule has 1 rings (SSSR count). The molecule has 0 aromatic heterocycles. The van der Waals surface area contributed by atoms with Crippen molar-refractivity contribution in [1.29, 1.82) is 0 Å². The van der Waals surface area contributed by atoms with Crippen molar-refractivity contribution in [2.75, 3.05) is 18.5 Å². The maximum Gasteiger partial charge on any atom is 0.0363 e. The Balaban J connectivity index is 0.00000106. The molecule has 1 aromatic rings. The molecule has 0 aliphatic carbocycles. The Kier molecular flexibility index (Phi) is 8.69. The largest absolute Gasteiger partial charge is 0.375 e. The van der Waals surface area contributed by atoms with Crippen LogP contribution in [0.15, 0.2) is 24.3 Å². The predicted molar refractivity (Wildman–Crippen MR) is 75.3 cm³/mol. The highest BCUT2D eigenvalue weighted by Gasteiger charge is 1.98. The van der Waals surface area contributed by atoms with Crippen LogP contribution < -0.4 is 4.90 Å². The standard InChI is InChI=1S/C13H21N.C2H6/c1-4-5-6-11-14(3)13-9-7-12(2)8-10-13;1-2/h7-10H,4-6,11H2,1-3H3;1-2H3. The van der Waals surface area contributed by atoms with Gasteiger partial charge in [-0.3, -0.25) is 0 Å². The number of nitrogens with zero attached hydrogens (tertiary/aromatic N) is 1. The summed E-state index contributed by atoms with van der Waals surface area (Å²) in [6.45, 7) is 9.53. The zero-order chi connectivity index (χ0) is 12.4. The molecule has 0 saturated heterocycles. The van der Waals surface area contributed by atoms with Gasteiger partial charge in [0.05, 0.1) is 0 Å². The van der Waals surface area contributed by atoms with E-state index in [4.69, 9.17) is 0 Å². The molecular weight excluding hydrogens is 194 g/mol. The van der Waals surface area contributed by atoms with Crippen LogP contribution in [0.1, 0.15) is 45.6 Å². The molecule has 0 N–H and O–H groups in total. The lowest BCUT2D eigenvalue weighted by molar-refractivity contribution is 0.705. The summed E-state index contributed by atoms with van der Waals surface area (Å²) in [4.78, 5) is 2.33. The Morgan fingerprint density at radius 3 is 2.06 bits per heavy atom. The van der Waals surface area contributed by atoms with E-state index in [2.05, 4.69) is 50.1 Å². The highest BCUT2D eigenvalue weighted by molar-refractivity contribution is 5.46. The van der Waals surface area contributed by atoms with Crippen molar-refractivity contribution in [1.82, 2.24) is 0 Å². The van der Waals surface area contributed by atoms with Crippen LogP contribution in [0.25, 0.3) is 0 Å². The molecule has 0 amide bonds. The van der Waals surface area contributed by atoms with E-state index in [9.17, 15) is 0 Å². The lowest BCUT2D eigenvalue weighted by atomic mass is 10.2. The molecule has 0 aliphatic heterocycles.